The molecule has 1 aliphatic rings. The molecule has 3 rings (SSSR count). The molecule has 0 amide bonds. The van der Waals surface area contributed by atoms with Gasteiger partial charge in [-0.1, -0.05) is 86.7 Å². The second kappa shape index (κ2) is 6.96. The van der Waals surface area contributed by atoms with Gasteiger partial charge in [0.05, 0.1) is 0 Å². The lowest BCUT2D eigenvalue weighted by molar-refractivity contribution is 0.0673. The second-order valence-electron chi connectivity index (χ2n) is 6.62. The van der Waals surface area contributed by atoms with Gasteiger partial charge in [0, 0.05) is 23.0 Å². The van der Waals surface area contributed by atoms with Gasteiger partial charge in [-0.05, 0) is 11.8 Å². The molecule has 1 aliphatic carbocycles. The largest absolute Gasteiger partial charge is 0.294 e. The van der Waals surface area contributed by atoms with Gasteiger partial charge in [-0.3, -0.25) is 9.59 Å². The average Bonchev–Trinajstić information content (AvgIpc) is 2.63. The van der Waals surface area contributed by atoms with E-state index in [-0.39, 0.29) is 35.2 Å². The maximum atomic E-state index is 13.1. The van der Waals surface area contributed by atoms with Gasteiger partial charge in [0.25, 0.3) is 0 Å². The van der Waals surface area contributed by atoms with Crippen molar-refractivity contribution in [2.75, 3.05) is 0 Å². The molecule has 0 saturated carbocycles. The molecule has 0 bridgehead atoms. The third-order valence-corrected chi connectivity index (χ3v) is 4.96. The predicted molar refractivity (Wildman–Crippen MR) is 96.0 cm³/mol. The van der Waals surface area contributed by atoms with E-state index in [1.807, 2.05) is 74.5 Å². The Labute approximate surface area is 143 Å². The Morgan fingerprint density at radius 3 is 1.29 bits per heavy atom. The molecule has 2 nitrogen and oxygen atoms in total. The molecule has 0 aromatic heterocycles. The van der Waals surface area contributed by atoms with Crippen LogP contribution in [0.1, 0.15) is 34.6 Å². The van der Waals surface area contributed by atoms with E-state index in [2.05, 4.69) is 12.2 Å². The van der Waals surface area contributed by atoms with Crippen molar-refractivity contribution in [2.24, 2.45) is 23.7 Å². The first-order chi connectivity index (χ1) is 11.6. The van der Waals surface area contributed by atoms with Crippen molar-refractivity contribution >= 4 is 11.6 Å². The normalized spacial score (nSPS) is 26.1. The Bertz CT molecular complexity index is 681. The van der Waals surface area contributed by atoms with Crippen LogP contribution >= 0.6 is 0 Å². The minimum Gasteiger partial charge on any atom is -0.294 e. The van der Waals surface area contributed by atoms with Gasteiger partial charge in [-0.25, -0.2) is 0 Å². The van der Waals surface area contributed by atoms with E-state index in [9.17, 15) is 9.59 Å². The number of Topliss-reactive ketones (excluding diaryl/α,β-unsaturated/α-hetero) is 2. The topological polar surface area (TPSA) is 34.1 Å². The summed E-state index contributed by atoms with van der Waals surface area (Å²) in [5.41, 5.74) is 1.37. The molecule has 0 aliphatic heterocycles. The summed E-state index contributed by atoms with van der Waals surface area (Å²) in [5.74, 6) is -0.416. The van der Waals surface area contributed by atoms with Crippen LogP contribution in [0.5, 0.6) is 0 Å². The van der Waals surface area contributed by atoms with E-state index in [1.165, 1.54) is 0 Å². The van der Waals surface area contributed by atoms with Crippen LogP contribution < -0.4 is 0 Å². The number of rotatable bonds is 4. The summed E-state index contributed by atoms with van der Waals surface area (Å²) < 4.78 is 0. The van der Waals surface area contributed by atoms with Crippen molar-refractivity contribution in [2.45, 2.75) is 13.8 Å². The van der Waals surface area contributed by atoms with Crippen molar-refractivity contribution in [1.82, 2.24) is 0 Å². The standard InChI is InChI=1S/C22H22O2/c1-15-13-14-16(2)20(22(24)18-11-7-4-8-12-18)19(15)21(23)17-9-5-3-6-10-17/h3-16,19-20H,1-2H3/t15-,16-,19-,20+/m1/s1. The van der Waals surface area contributed by atoms with Gasteiger partial charge in [-0.15, -0.1) is 0 Å². The highest BCUT2D eigenvalue weighted by atomic mass is 16.1. The lowest BCUT2D eigenvalue weighted by Crippen LogP contribution is -2.40. The predicted octanol–water partition coefficient (Wildman–Crippen LogP) is 4.83. The summed E-state index contributed by atoms with van der Waals surface area (Å²) in [6.07, 6.45) is 4.15. The monoisotopic (exact) mass is 318 g/mol. The van der Waals surface area contributed by atoms with Crippen LogP contribution in [0, 0.1) is 23.7 Å². The lowest BCUT2D eigenvalue weighted by Gasteiger charge is -2.35. The fourth-order valence-corrected chi connectivity index (χ4v) is 3.64. The SMILES string of the molecule is C[C@@H]1C=C[C@@H](C)[C@@H](C(=O)c2ccccc2)[C@H]1C(=O)c1ccccc1. The molecule has 2 heteroatoms. The van der Waals surface area contributed by atoms with Gasteiger partial charge < -0.3 is 0 Å². The smallest absolute Gasteiger partial charge is 0.167 e. The highest BCUT2D eigenvalue weighted by Crippen LogP contribution is 2.38. The van der Waals surface area contributed by atoms with E-state index in [0.29, 0.717) is 11.1 Å². The highest BCUT2D eigenvalue weighted by Gasteiger charge is 2.41. The quantitative estimate of drug-likeness (QED) is 0.598. The van der Waals surface area contributed by atoms with Crippen LogP contribution in [0.3, 0.4) is 0 Å². The summed E-state index contributed by atoms with van der Waals surface area (Å²) in [6.45, 7) is 4.05. The summed E-state index contributed by atoms with van der Waals surface area (Å²) in [4.78, 5) is 26.2. The molecule has 0 N–H and O–H groups in total. The van der Waals surface area contributed by atoms with Crippen molar-refractivity contribution < 1.29 is 9.59 Å². The first-order valence-corrected chi connectivity index (χ1v) is 8.46. The number of ketones is 2. The molecule has 2 aromatic rings. The van der Waals surface area contributed by atoms with Gasteiger partial charge in [0.15, 0.2) is 11.6 Å². The molecule has 122 valence electrons. The Hall–Kier alpha value is -2.48. The summed E-state index contributed by atoms with van der Waals surface area (Å²) >= 11 is 0. The van der Waals surface area contributed by atoms with Crippen molar-refractivity contribution in [3.05, 3.63) is 83.9 Å². The molecule has 24 heavy (non-hydrogen) atoms. The molecule has 0 saturated heterocycles. The van der Waals surface area contributed by atoms with Gasteiger partial charge in [0.1, 0.15) is 0 Å². The molecule has 0 radical (unpaired) electrons. The van der Waals surface area contributed by atoms with E-state index < -0.39 is 0 Å². The molecular weight excluding hydrogens is 296 g/mol. The molecule has 2 aromatic carbocycles. The maximum Gasteiger partial charge on any atom is 0.167 e. The van der Waals surface area contributed by atoms with E-state index in [1.54, 1.807) is 0 Å². The number of hydrogen-bond acceptors (Lipinski definition) is 2. The summed E-state index contributed by atoms with van der Waals surface area (Å²) in [6, 6.07) is 18.6. The number of hydrogen-bond donors (Lipinski definition) is 0. The minimum atomic E-state index is -0.319. The summed E-state index contributed by atoms with van der Waals surface area (Å²) in [5, 5.41) is 0. The molecule has 0 spiro atoms. The summed E-state index contributed by atoms with van der Waals surface area (Å²) in [7, 11) is 0. The maximum absolute atomic E-state index is 13.1. The molecule has 0 unspecified atom stereocenters. The first kappa shape index (κ1) is 16.4. The Kier molecular flexibility index (Phi) is 4.75. The molecule has 4 atom stereocenters. The van der Waals surface area contributed by atoms with Gasteiger partial charge in [-0.2, -0.15) is 0 Å². The number of carbonyl (C=O) groups is 2. The Morgan fingerprint density at radius 2 is 0.958 bits per heavy atom. The highest BCUT2D eigenvalue weighted by molar-refractivity contribution is 6.05. The third-order valence-electron chi connectivity index (χ3n) is 4.96. The van der Waals surface area contributed by atoms with Crippen LogP contribution in [-0.4, -0.2) is 11.6 Å². The molecular formula is C22H22O2. The van der Waals surface area contributed by atoms with Crippen molar-refractivity contribution in [3.8, 4) is 0 Å². The first-order valence-electron chi connectivity index (χ1n) is 8.46. The van der Waals surface area contributed by atoms with E-state index >= 15 is 0 Å². The fourth-order valence-electron chi connectivity index (χ4n) is 3.64. The van der Waals surface area contributed by atoms with Crippen LogP contribution in [0.2, 0.25) is 0 Å². The van der Waals surface area contributed by atoms with Crippen LogP contribution in [0.15, 0.2) is 72.8 Å². The molecule has 0 heterocycles. The Morgan fingerprint density at radius 1 is 0.625 bits per heavy atom. The van der Waals surface area contributed by atoms with Crippen LogP contribution in [0.25, 0.3) is 0 Å². The fraction of sp³-hybridized carbons (Fsp3) is 0.273. The van der Waals surface area contributed by atoms with Gasteiger partial charge >= 0.3 is 0 Å². The zero-order chi connectivity index (χ0) is 17.1. The lowest BCUT2D eigenvalue weighted by atomic mass is 9.66. The van der Waals surface area contributed by atoms with Crippen molar-refractivity contribution in [3.63, 3.8) is 0 Å². The van der Waals surface area contributed by atoms with Crippen LogP contribution in [-0.2, 0) is 0 Å². The average molecular weight is 318 g/mol. The van der Waals surface area contributed by atoms with E-state index in [4.69, 9.17) is 0 Å². The second-order valence-corrected chi connectivity index (χ2v) is 6.62. The van der Waals surface area contributed by atoms with Crippen LogP contribution in [0.4, 0.5) is 0 Å². The number of carbonyl (C=O) groups excluding carboxylic acids is 2. The molecule has 0 fully saturated rings. The van der Waals surface area contributed by atoms with Crippen molar-refractivity contribution in [1.29, 1.82) is 0 Å². The zero-order valence-corrected chi connectivity index (χ0v) is 14.1. The number of allylic oxidation sites excluding steroid dienone is 2. The third kappa shape index (κ3) is 3.09. The van der Waals surface area contributed by atoms with Gasteiger partial charge in [0.2, 0.25) is 0 Å². The van der Waals surface area contributed by atoms with E-state index in [0.717, 1.165) is 0 Å². The zero-order valence-electron chi connectivity index (χ0n) is 14.1. The Balaban J connectivity index is 1.99. The minimum absolute atomic E-state index is 0.0477. The number of benzene rings is 2.